The smallest absolute Gasteiger partial charge is 0.141 e. The molecule has 1 aromatic carbocycles. The van der Waals surface area contributed by atoms with E-state index in [-0.39, 0.29) is 5.75 Å². The number of aromatic hydroxyl groups is 1. The molecular formula is C17H26N2O. The van der Waals surface area contributed by atoms with Gasteiger partial charge in [0.2, 0.25) is 0 Å². The third-order valence-corrected chi connectivity index (χ3v) is 3.40. The number of allylic oxidation sites excluding steroid dienone is 1. The number of benzene rings is 1. The Labute approximate surface area is 122 Å². The minimum atomic E-state index is 0.242. The van der Waals surface area contributed by atoms with Gasteiger partial charge in [0.25, 0.3) is 0 Å². The van der Waals surface area contributed by atoms with Crippen LogP contribution >= 0.6 is 0 Å². The summed E-state index contributed by atoms with van der Waals surface area (Å²) in [6.07, 6.45) is 5.08. The fourth-order valence-corrected chi connectivity index (χ4v) is 2.11. The first-order valence-corrected chi connectivity index (χ1v) is 7.31. The summed E-state index contributed by atoms with van der Waals surface area (Å²) < 4.78 is 0. The molecule has 3 heteroatoms. The molecule has 0 heterocycles. The normalized spacial score (nSPS) is 11.8. The van der Waals surface area contributed by atoms with E-state index >= 15 is 0 Å². The molecular weight excluding hydrogens is 248 g/mol. The summed E-state index contributed by atoms with van der Waals surface area (Å²) in [5.41, 5.74) is 3.09. The van der Waals surface area contributed by atoms with Crippen molar-refractivity contribution in [2.45, 2.75) is 52.9 Å². The van der Waals surface area contributed by atoms with Crippen LogP contribution in [0, 0.1) is 0 Å². The van der Waals surface area contributed by atoms with E-state index in [4.69, 9.17) is 0 Å². The molecule has 0 fully saturated rings. The van der Waals surface area contributed by atoms with Gasteiger partial charge in [-0.05, 0) is 36.5 Å². The number of hydrazone groups is 1. The van der Waals surface area contributed by atoms with Crippen molar-refractivity contribution in [3.63, 3.8) is 0 Å². The lowest BCUT2D eigenvalue weighted by Crippen LogP contribution is -2.08. The second kappa shape index (κ2) is 7.73. The van der Waals surface area contributed by atoms with Gasteiger partial charge in [0.1, 0.15) is 11.4 Å². The van der Waals surface area contributed by atoms with E-state index in [9.17, 15) is 5.11 Å². The van der Waals surface area contributed by atoms with Crippen LogP contribution in [0.2, 0.25) is 0 Å². The highest BCUT2D eigenvalue weighted by Gasteiger charge is 2.10. The fourth-order valence-electron chi connectivity index (χ4n) is 2.11. The van der Waals surface area contributed by atoms with Gasteiger partial charge in [-0.25, -0.2) is 5.01 Å². The molecule has 0 aromatic heterocycles. The van der Waals surface area contributed by atoms with Gasteiger partial charge in [0.15, 0.2) is 0 Å². The Hall–Kier alpha value is -1.77. The molecule has 1 N–H and O–H groups in total. The molecule has 0 radical (unpaired) electrons. The standard InChI is InChI=1S/C17H26N2O/c1-6-8-14(7-2)12-19(18-5)16-10-9-15(13(3)4)11-17(16)20/h9-13,20H,5-8H2,1-4H3/b14-12-. The van der Waals surface area contributed by atoms with Crippen LogP contribution in [0.25, 0.3) is 0 Å². The molecule has 1 aromatic rings. The number of nitrogens with zero attached hydrogens (tertiary/aromatic N) is 2. The molecule has 0 amide bonds. The molecule has 0 atom stereocenters. The number of phenolic OH excluding ortho intramolecular Hbond substituents is 1. The van der Waals surface area contributed by atoms with Gasteiger partial charge in [0, 0.05) is 12.9 Å². The highest BCUT2D eigenvalue weighted by atomic mass is 16.3. The van der Waals surface area contributed by atoms with Gasteiger partial charge in [-0.2, -0.15) is 5.10 Å². The van der Waals surface area contributed by atoms with Gasteiger partial charge >= 0.3 is 0 Å². The summed E-state index contributed by atoms with van der Waals surface area (Å²) in [6.45, 7) is 12.1. The van der Waals surface area contributed by atoms with E-state index < -0.39 is 0 Å². The van der Waals surface area contributed by atoms with Crippen molar-refractivity contribution in [3.8, 4) is 5.75 Å². The molecule has 20 heavy (non-hydrogen) atoms. The first-order chi connectivity index (χ1) is 9.53. The highest BCUT2D eigenvalue weighted by molar-refractivity contribution is 5.61. The molecule has 0 aliphatic carbocycles. The second-order valence-corrected chi connectivity index (χ2v) is 5.28. The minimum absolute atomic E-state index is 0.242. The summed E-state index contributed by atoms with van der Waals surface area (Å²) in [6, 6.07) is 5.73. The summed E-state index contributed by atoms with van der Waals surface area (Å²) in [5, 5.41) is 15.9. The average molecular weight is 274 g/mol. The van der Waals surface area contributed by atoms with Crippen LogP contribution in [0.5, 0.6) is 5.75 Å². The Bertz CT molecular complexity index is 478. The topological polar surface area (TPSA) is 35.8 Å². The third kappa shape index (κ3) is 4.12. The van der Waals surface area contributed by atoms with Gasteiger partial charge in [-0.15, -0.1) is 0 Å². The predicted molar refractivity (Wildman–Crippen MR) is 87.5 cm³/mol. The minimum Gasteiger partial charge on any atom is -0.506 e. The zero-order chi connectivity index (χ0) is 15.1. The quantitative estimate of drug-likeness (QED) is 0.559. The van der Waals surface area contributed by atoms with Crippen molar-refractivity contribution in [3.05, 3.63) is 35.5 Å². The van der Waals surface area contributed by atoms with Crippen LogP contribution < -0.4 is 5.01 Å². The molecule has 110 valence electrons. The third-order valence-electron chi connectivity index (χ3n) is 3.40. The predicted octanol–water partition coefficient (Wildman–Crippen LogP) is 5.03. The van der Waals surface area contributed by atoms with E-state index in [1.54, 1.807) is 11.1 Å². The van der Waals surface area contributed by atoms with Crippen LogP contribution in [0.3, 0.4) is 0 Å². The lowest BCUT2D eigenvalue weighted by Gasteiger charge is -2.18. The Morgan fingerprint density at radius 1 is 1.40 bits per heavy atom. The Balaban J connectivity index is 3.09. The van der Waals surface area contributed by atoms with Crippen LogP contribution in [-0.4, -0.2) is 11.8 Å². The molecule has 1 rings (SSSR count). The number of anilines is 1. The summed E-state index contributed by atoms with van der Waals surface area (Å²) in [5.74, 6) is 0.633. The van der Waals surface area contributed by atoms with Crippen molar-refractivity contribution >= 4 is 12.4 Å². The number of hydrogen-bond acceptors (Lipinski definition) is 3. The van der Waals surface area contributed by atoms with E-state index in [0.29, 0.717) is 11.6 Å². The SMILES string of the molecule is C=NN(/C=C(/CC)CCC)c1ccc(C(C)C)cc1O. The summed E-state index contributed by atoms with van der Waals surface area (Å²) >= 11 is 0. The van der Waals surface area contributed by atoms with Crippen molar-refractivity contribution in [2.24, 2.45) is 5.10 Å². The van der Waals surface area contributed by atoms with Crippen molar-refractivity contribution in [2.75, 3.05) is 5.01 Å². The summed E-state index contributed by atoms with van der Waals surface area (Å²) in [4.78, 5) is 0. The first-order valence-electron chi connectivity index (χ1n) is 7.31. The van der Waals surface area contributed by atoms with Gasteiger partial charge in [-0.1, -0.05) is 45.8 Å². The van der Waals surface area contributed by atoms with E-state index in [2.05, 4.69) is 39.5 Å². The molecule has 0 unspecified atom stereocenters. The van der Waals surface area contributed by atoms with Crippen molar-refractivity contribution in [1.29, 1.82) is 0 Å². The number of hydrogen-bond donors (Lipinski definition) is 1. The Kier molecular flexibility index (Phi) is 6.29. The lowest BCUT2D eigenvalue weighted by atomic mass is 10.0. The zero-order valence-corrected chi connectivity index (χ0v) is 13.1. The van der Waals surface area contributed by atoms with Crippen LogP contribution in [-0.2, 0) is 0 Å². The molecule has 0 saturated carbocycles. The van der Waals surface area contributed by atoms with E-state index in [0.717, 1.165) is 24.8 Å². The molecule has 0 aliphatic heterocycles. The average Bonchev–Trinajstić information content (AvgIpc) is 2.43. The van der Waals surface area contributed by atoms with E-state index in [1.807, 2.05) is 18.3 Å². The maximum absolute atomic E-state index is 10.2. The van der Waals surface area contributed by atoms with Gasteiger partial charge < -0.3 is 5.11 Å². The van der Waals surface area contributed by atoms with Crippen molar-refractivity contribution < 1.29 is 5.11 Å². The lowest BCUT2D eigenvalue weighted by molar-refractivity contribution is 0.474. The van der Waals surface area contributed by atoms with Crippen LogP contribution in [0.15, 0.2) is 35.1 Å². The molecule has 0 aliphatic rings. The largest absolute Gasteiger partial charge is 0.506 e. The molecule has 0 bridgehead atoms. The molecule has 3 nitrogen and oxygen atoms in total. The zero-order valence-electron chi connectivity index (χ0n) is 13.1. The monoisotopic (exact) mass is 274 g/mol. The Morgan fingerprint density at radius 3 is 2.55 bits per heavy atom. The second-order valence-electron chi connectivity index (χ2n) is 5.28. The molecule has 0 saturated heterocycles. The van der Waals surface area contributed by atoms with Crippen LogP contribution in [0.1, 0.15) is 58.4 Å². The van der Waals surface area contributed by atoms with Crippen molar-refractivity contribution in [1.82, 2.24) is 0 Å². The number of rotatable bonds is 7. The molecule has 0 spiro atoms. The van der Waals surface area contributed by atoms with Gasteiger partial charge in [0.05, 0.1) is 0 Å². The maximum Gasteiger partial charge on any atom is 0.141 e. The highest BCUT2D eigenvalue weighted by Crippen LogP contribution is 2.32. The fraction of sp³-hybridized carbons (Fsp3) is 0.471. The maximum atomic E-state index is 10.2. The number of phenols is 1. The summed E-state index contributed by atoms with van der Waals surface area (Å²) in [7, 11) is 0. The van der Waals surface area contributed by atoms with E-state index in [1.165, 1.54) is 5.57 Å². The first kappa shape index (κ1) is 16.3. The Morgan fingerprint density at radius 2 is 2.10 bits per heavy atom. The van der Waals surface area contributed by atoms with Gasteiger partial charge in [-0.3, -0.25) is 0 Å². The van der Waals surface area contributed by atoms with Crippen LogP contribution in [0.4, 0.5) is 5.69 Å².